The zero-order valence-electron chi connectivity index (χ0n) is 15.1. The van der Waals surface area contributed by atoms with Gasteiger partial charge in [-0.3, -0.25) is 10.5 Å². The van der Waals surface area contributed by atoms with E-state index >= 15 is 0 Å². The summed E-state index contributed by atoms with van der Waals surface area (Å²) in [4.78, 5) is 12.6. The summed E-state index contributed by atoms with van der Waals surface area (Å²) in [5.74, 6) is 1.91. The van der Waals surface area contributed by atoms with Crippen LogP contribution >= 0.6 is 0 Å². The molecule has 0 aliphatic heterocycles. The molecule has 0 amide bonds. The molecule has 0 aliphatic carbocycles. The fourth-order valence-corrected chi connectivity index (χ4v) is 2.82. The molecular formula is C20H22N3O3+. The van der Waals surface area contributed by atoms with Crippen LogP contribution in [0.3, 0.4) is 0 Å². The van der Waals surface area contributed by atoms with Gasteiger partial charge in [-0.2, -0.15) is 0 Å². The lowest BCUT2D eigenvalue weighted by Crippen LogP contribution is -2.39. The Morgan fingerprint density at radius 2 is 1.77 bits per heavy atom. The maximum atomic E-state index is 12.6. The summed E-state index contributed by atoms with van der Waals surface area (Å²) >= 11 is 0. The summed E-state index contributed by atoms with van der Waals surface area (Å²) in [5, 5.41) is 0. The Kier molecular flexibility index (Phi) is 4.93. The van der Waals surface area contributed by atoms with Crippen LogP contribution in [0.5, 0.6) is 11.5 Å². The Morgan fingerprint density at radius 1 is 1.08 bits per heavy atom. The van der Waals surface area contributed by atoms with Crippen LogP contribution in [0.15, 0.2) is 54.7 Å². The number of aromatic nitrogens is 2. The number of Topliss-reactive ketones (excluding diaryl/α,β-unsaturated/α-hetero) is 1. The van der Waals surface area contributed by atoms with Gasteiger partial charge in [0, 0.05) is 11.1 Å². The minimum absolute atomic E-state index is 0.0347. The van der Waals surface area contributed by atoms with Crippen LogP contribution in [0, 0.1) is 0 Å². The van der Waals surface area contributed by atoms with Crippen molar-refractivity contribution < 1.29 is 18.8 Å². The molecule has 2 aromatic carbocycles. The molecule has 2 N–H and O–H groups in total. The summed E-state index contributed by atoms with van der Waals surface area (Å²) in [6.07, 6.45) is 1.88. The van der Waals surface area contributed by atoms with Gasteiger partial charge in [-0.15, -0.1) is 0 Å². The molecular weight excluding hydrogens is 330 g/mol. The normalized spacial score (nSPS) is 10.6. The number of nitrogen functional groups attached to an aromatic ring is 1. The molecule has 6 nitrogen and oxygen atoms in total. The number of nitrogens with two attached hydrogens (primary N) is 1. The van der Waals surface area contributed by atoms with E-state index in [0.29, 0.717) is 17.3 Å². The summed E-state index contributed by atoms with van der Waals surface area (Å²) in [7, 11) is 5.09. The predicted octanol–water partition coefficient (Wildman–Crippen LogP) is 2.46. The van der Waals surface area contributed by atoms with Crippen LogP contribution in [0.1, 0.15) is 10.4 Å². The number of imidazole rings is 1. The SMILES string of the molecule is COc1ccc(-c2c[n+](CC(=O)c3cccc(OC)c3)c(N)n2C)cc1. The van der Waals surface area contributed by atoms with Crippen molar-refractivity contribution in [3.05, 3.63) is 60.3 Å². The zero-order valence-corrected chi connectivity index (χ0v) is 15.1. The first-order chi connectivity index (χ1) is 12.5. The third-order valence-electron chi connectivity index (χ3n) is 4.37. The number of benzene rings is 2. The molecule has 1 aromatic heterocycles. The van der Waals surface area contributed by atoms with Gasteiger partial charge >= 0.3 is 5.95 Å². The number of carbonyl (C=O) groups excluding carboxylic acids is 1. The van der Waals surface area contributed by atoms with Gasteiger partial charge in [0.15, 0.2) is 5.78 Å². The fraction of sp³-hybridized carbons (Fsp3) is 0.200. The Bertz CT molecular complexity index is 930. The average molecular weight is 352 g/mol. The first-order valence-corrected chi connectivity index (χ1v) is 8.19. The summed E-state index contributed by atoms with van der Waals surface area (Å²) in [5.41, 5.74) is 8.71. The van der Waals surface area contributed by atoms with Crippen molar-refractivity contribution >= 4 is 11.7 Å². The number of rotatable bonds is 6. The fourth-order valence-electron chi connectivity index (χ4n) is 2.82. The van der Waals surface area contributed by atoms with Gasteiger partial charge in [-0.1, -0.05) is 12.1 Å². The van der Waals surface area contributed by atoms with E-state index in [9.17, 15) is 4.79 Å². The maximum Gasteiger partial charge on any atom is 0.355 e. The second-order valence-corrected chi connectivity index (χ2v) is 5.94. The second-order valence-electron chi connectivity index (χ2n) is 5.94. The second kappa shape index (κ2) is 7.31. The summed E-state index contributed by atoms with van der Waals surface area (Å²) in [6.45, 7) is 0.156. The largest absolute Gasteiger partial charge is 0.497 e. The van der Waals surface area contributed by atoms with Crippen molar-refractivity contribution in [3.63, 3.8) is 0 Å². The van der Waals surface area contributed by atoms with Gasteiger partial charge in [0.25, 0.3) is 0 Å². The van der Waals surface area contributed by atoms with Gasteiger partial charge in [0.2, 0.25) is 0 Å². The standard InChI is InChI=1S/C20H21N3O3/c1-22-18(14-7-9-16(25-2)10-8-14)12-23(20(22)21)13-19(24)15-5-4-6-17(11-15)26-3/h4-12,21H,13H2,1-3H3/p+1. The predicted molar refractivity (Wildman–Crippen MR) is 99.3 cm³/mol. The van der Waals surface area contributed by atoms with Gasteiger partial charge < -0.3 is 9.47 Å². The average Bonchev–Trinajstić information content (AvgIpc) is 2.96. The minimum Gasteiger partial charge on any atom is -0.497 e. The lowest BCUT2D eigenvalue weighted by Gasteiger charge is -2.03. The molecule has 134 valence electrons. The molecule has 26 heavy (non-hydrogen) atoms. The lowest BCUT2D eigenvalue weighted by molar-refractivity contribution is -0.667. The van der Waals surface area contributed by atoms with E-state index in [1.165, 1.54) is 0 Å². The van der Waals surface area contributed by atoms with Crippen LogP contribution in [0.25, 0.3) is 11.3 Å². The Morgan fingerprint density at radius 3 is 2.42 bits per heavy atom. The quantitative estimate of drug-likeness (QED) is 0.546. The number of anilines is 1. The molecule has 1 heterocycles. The Balaban J connectivity index is 1.87. The van der Waals surface area contributed by atoms with E-state index in [0.717, 1.165) is 17.0 Å². The third kappa shape index (κ3) is 3.39. The smallest absolute Gasteiger partial charge is 0.355 e. The lowest BCUT2D eigenvalue weighted by atomic mass is 10.1. The Labute approximate surface area is 152 Å². The molecule has 0 fully saturated rings. The van der Waals surface area contributed by atoms with Crippen LogP contribution < -0.4 is 19.8 Å². The van der Waals surface area contributed by atoms with E-state index in [4.69, 9.17) is 15.2 Å². The minimum atomic E-state index is -0.0347. The highest BCUT2D eigenvalue weighted by Gasteiger charge is 2.20. The molecule has 3 aromatic rings. The van der Waals surface area contributed by atoms with Gasteiger partial charge in [0.05, 0.1) is 21.3 Å². The molecule has 6 heteroatoms. The number of hydrogen-bond donors (Lipinski definition) is 1. The van der Waals surface area contributed by atoms with Gasteiger partial charge in [-0.05, 0) is 36.4 Å². The van der Waals surface area contributed by atoms with Crippen molar-refractivity contribution in [1.82, 2.24) is 4.57 Å². The highest BCUT2D eigenvalue weighted by molar-refractivity contribution is 5.95. The van der Waals surface area contributed by atoms with E-state index in [2.05, 4.69) is 0 Å². The van der Waals surface area contributed by atoms with Crippen LogP contribution in [0.4, 0.5) is 5.95 Å². The van der Waals surface area contributed by atoms with Gasteiger partial charge in [0.1, 0.15) is 29.9 Å². The third-order valence-corrected chi connectivity index (χ3v) is 4.37. The molecule has 0 spiro atoms. The van der Waals surface area contributed by atoms with E-state index in [-0.39, 0.29) is 12.3 Å². The molecule has 0 radical (unpaired) electrons. The number of methoxy groups -OCH3 is 2. The van der Waals surface area contributed by atoms with Crippen molar-refractivity contribution in [2.75, 3.05) is 20.0 Å². The number of nitrogens with zero attached hydrogens (tertiary/aromatic N) is 2. The van der Waals surface area contributed by atoms with E-state index < -0.39 is 0 Å². The van der Waals surface area contributed by atoms with Crippen molar-refractivity contribution in [3.8, 4) is 22.8 Å². The van der Waals surface area contributed by atoms with Crippen LogP contribution in [-0.4, -0.2) is 24.6 Å². The van der Waals surface area contributed by atoms with Gasteiger partial charge in [-0.25, -0.2) is 9.13 Å². The highest BCUT2D eigenvalue weighted by atomic mass is 16.5. The van der Waals surface area contributed by atoms with Crippen molar-refractivity contribution in [2.45, 2.75) is 6.54 Å². The maximum absolute atomic E-state index is 12.6. The van der Waals surface area contributed by atoms with E-state index in [1.807, 2.05) is 48.1 Å². The first-order valence-electron chi connectivity index (χ1n) is 8.19. The van der Waals surface area contributed by atoms with Crippen molar-refractivity contribution in [2.24, 2.45) is 7.05 Å². The molecule has 0 saturated carbocycles. The molecule has 0 atom stereocenters. The zero-order chi connectivity index (χ0) is 18.7. The number of carbonyl (C=O) groups is 1. The number of ether oxygens (including phenoxy) is 2. The number of ketones is 1. The molecule has 0 saturated heterocycles. The molecule has 0 unspecified atom stereocenters. The molecule has 0 aliphatic rings. The molecule has 0 bridgehead atoms. The molecule has 3 rings (SSSR count). The highest BCUT2D eigenvalue weighted by Crippen LogP contribution is 2.23. The van der Waals surface area contributed by atoms with Crippen LogP contribution in [-0.2, 0) is 13.6 Å². The van der Waals surface area contributed by atoms with Crippen LogP contribution in [0.2, 0.25) is 0 Å². The van der Waals surface area contributed by atoms with Crippen molar-refractivity contribution in [1.29, 1.82) is 0 Å². The monoisotopic (exact) mass is 352 g/mol. The first kappa shape index (κ1) is 17.5. The Hall–Kier alpha value is -3.28. The summed E-state index contributed by atoms with van der Waals surface area (Å²) in [6, 6.07) is 14.8. The summed E-state index contributed by atoms with van der Waals surface area (Å²) < 4.78 is 14.0. The topological polar surface area (TPSA) is 70.4 Å². The number of hydrogen-bond acceptors (Lipinski definition) is 4. The van der Waals surface area contributed by atoms with E-state index in [1.54, 1.807) is 37.0 Å².